The highest BCUT2D eigenvalue weighted by molar-refractivity contribution is 7.18. The van der Waals surface area contributed by atoms with Gasteiger partial charge >= 0.3 is 0 Å². The summed E-state index contributed by atoms with van der Waals surface area (Å²) in [6.45, 7) is 2.59. The lowest BCUT2D eigenvalue weighted by Crippen LogP contribution is -2.43. The van der Waals surface area contributed by atoms with Gasteiger partial charge in [-0.15, -0.1) is 10.2 Å². The smallest absolute Gasteiger partial charge is 0.254 e. The largest absolute Gasteiger partial charge is 0.327 e. The number of aromatic nitrogens is 2. The molecule has 3 aromatic carbocycles. The van der Waals surface area contributed by atoms with E-state index in [2.05, 4.69) is 15.5 Å². The van der Waals surface area contributed by atoms with Crippen molar-refractivity contribution in [1.29, 1.82) is 0 Å². The zero-order chi connectivity index (χ0) is 23.5. The molecule has 0 saturated carbocycles. The van der Waals surface area contributed by atoms with Gasteiger partial charge in [0.25, 0.3) is 5.91 Å². The van der Waals surface area contributed by atoms with Crippen molar-refractivity contribution in [2.24, 2.45) is 0 Å². The Hall–Kier alpha value is -3.84. The fraction of sp³-hybridized carbons (Fsp3) is 0.185. The lowest BCUT2D eigenvalue weighted by atomic mass is 10.0. The Morgan fingerprint density at radius 3 is 2.29 bits per heavy atom. The minimum atomic E-state index is -0.520. The normalized spacial score (nSPS) is 15.3. The van der Waals surface area contributed by atoms with Crippen molar-refractivity contribution in [3.05, 3.63) is 90.0 Å². The number of anilines is 1. The molecule has 1 saturated heterocycles. The van der Waals surface area contributed by atoms with Crippen LogP contribution in [0.25, 0.3) is 21.7 Å². The third kappa shape index (κ3) is 4.61. The molecule has 6 nitrogen and oxygen atoms in total. The average molecular weight is 469 g/mol. The maximum atomic E-state index is 13.2. The molecule has 1 aliphatic heterocycles. The van der Waals surface area contributed by atoms with Crippen LogP contribution in [-0.4, -0.2) is 39.5 Å². The Kier molecular flexibility index (Phi) is 6.18. The van der Waals surface area contributed by atoms with Crippen LogP contribution in [-0.2, 0) is 4.79 Å². The summed E-state index contributed by atoms with van der Waals surface area (Å²) in [7, 11) is 0. The number of rotatable bonds is 5. The first-order chi connectivity index (χ1) is 16.6. The van der Waals surface area contributed by atoms with Crippen molar-refractivity contribution in [1.82, 2.24) is 15.1 Å². The number of aryl methyl sites for hydroxylation is 1. The van der Waals surface area contributed by atoms with Gasteiger partial charge in [-0.2, -0.15) is 0 Å². The third-order valence-electron chi connectivity index (χ3n) is 6.01. The zero-order valence-corrected chi connectivity index (χ0v) is 19.6. The second-order valence-corrected chi connectivity index (χ2v) is 9.35. The maximum absolute atomic E-state index is 13.2. The van der Waals surface area contributed by atoms with E-state index in [0.29, 0.717) is 23.7 Å². The molecule has 1 N–H and O–H groups in total. The summed E-state index contributed by atoms with van der Waals surface area (Å²) in [6, 6.07) is 25.1. The first-order valence-corrected chi connectivity index (χ1v) is 12.1. The van der Waals surface area contributed by atoms with E-state index in [-0.39, 0.29) is 11.8 Å². The SMILES string of the molecule is Cc1ccc(-c2nnc(NC(=O)C3CCCN3C(=O)c3ccc(-c4ccccc4)cc3)s2)cc1. The molecule has 1 unspecified atom stereocenters. The molecule has 5 rings (SSSR count). The molecule has 34 heavy (non-hydrogen) atoms. The molecule has 1 atom stereocenters. The van der Waals surface area contributed by atoms with E-state index in [0.717, 1.165) is 28.1 Å². The molecular weight excluding hydrogens is 444 g/mol. The van der Waals surface area contributed by atoms with Crippen LogP contribution in [0.15, 0.2) is 78.9 Å². The Balaban J connectivity index is 1.27. The summed E-state index contributed by atoms with van der Waals surface area (Å²) in [5, 5.41) is 12.4. The van der Waals surface area contributed by atoms with Crippen molar-refractivity contribution < 1.29 is 9.59 Å². The predicted molar refractivity (Wildman–Crippen MR) is 135 cm³/mol. The summed E-state index contributed by atoms with van der Waals surface area (Å²) in [5.41, 5.74) is 4.86. The molecular formula is C27H24N4O2S. The molecule has 1 aromatic heterocycles. The van der Waals surface area contributed by atoms with Crippen molar-refractivity contribution in [3.63, 3.8) is 0 Å². The highest BCUT2D eigenvalue weighted by Crippen LogP contribution is 2.28. The first kappa shape index (κ1) is 22.0. The standard InChI is InChI=1S/C27H24N4O2S/c1-18-9-11-21(12-10-18)25-29-30-27(34-25)28-24(32)23-8-5-17-31(23)26(33)22-15-13-20(14-16-22)19-6-3-2-4-7-19/h2-4,6-7,9-16,23H,5,8,17H2,1H3,(H,28,30,32). The molecule has 2 amide bonds. The summed E-state index contributed by atoms with van der Waals surface area (Å²) in [4.78, 5) is 27.9. The molecule has 0 bridgehead atoms. The summed E-state index contributed by atoms with van der Waals surface area (Å²) >= 11 is 1.33. The Labute approximate surface area is 202 Å². The topological polar surface area (TPSA) is 75.2 Å². The molecule has 170 valence electrons. The molecule has 4 aromatic rings. The Morgan fingerprint density at radius 2 is 1.56 bits per heavy atom. The second kappa shape index (κ2) is 9.57. The van der Waals surface area contributed by atoms with Gasteiger partial charge in [0.05, 0.1) is 0 Å². The van der Waals surface area contributed by atoms with Gasteiger partial charge in [0, 0.05) is 17.7 Å². The molecule has 7 heteroatoms. The van der Waals surface area contributed by atoms with Crippen LogP contribution in [0, 0.1) is 6.92 Å². The van der Waals surface area contributed by atoms with Gasteiger partial charge in [0.2, 0.25) is 11.0 Å². The van der Waals surface area contributed by atoms with Gasteiger partial charge in [0.15, 0.2) is 0 Å². The van der Waals surface area contributed by atoms with E-state index in [9.17, 15) is 9.59 Å². The fourth-order valence-corrected chi connectivity index (χ4v) is 4.91. The Morgan fingerprint density at radius 1 is 0.882 bits per heavy atom. The third-order valence-corrected chi connectivity index (χ3v) is 6.90. The monoisotopic (exact) mass is 468 g/mol. The van der Waals surface area contributed by atoms with Crippen LogP contribution < -0.4 is 5.32 Å². The zero-order valence-electron chi connectivity index (χ0n) is 18.8. The van der Waals surface area contributed by atoms with Crippen molar-refractivity contribution in [2.45, 2.75) is 25.8 Å². The molecule has 0 aliphatic carbocycles. The predicted octanol–water partition coefficient (Wildman–Crippen LogP) is 5.42. The lowest BCUT2D eigenvalue weighted by Gasteiger charge is -2.23. The van der Waals surface area contributed by atoms with Gasteiger partial charge in [-0.25, -0.2) is 0 Å². The molecule has 1 aliphatic rings. The summed E-state index contributed by atoms with van der Waals surface area (Å²) in [6.07, 6.45) is 1.42. The molecule has 0 spiro atoms. The second-order valence-electron chi connectivity index (χ2n) is 8.37. The first-order valence-electron chi connectivity index (χ1n) is 11.3. The summed E-state index contributed by atoms with van der Waals surface area (Å²) in [5.74, 6) is -0.353. The number of amides is 2. The van der Waals surface area contributed by atoms with Gasteiger partial charge in [0.1, 0.15) is 11.0 Å². The van der Waals surface area contributed by atoms with Crippen LogP contribution >= 0.6 is 11.3 Å². The lowest BCUT2D eigenvalue weighted by molar-refractivity contribution is -0.119. The highest BCUT2D eigenvalue weighted by atomic mass is 32.1. The van der Waals surface area contributed by atoms with Crippen LogP contribution in [0.4, 0.5) is 5.13 Å². The number of hydrogen-bond acceptors (Lipinski definition) is 5. The van der Waals surface area contributed by atoms with Gasteiger partial charge in [-0.3, -0.25) is 14.9 Å². The van der Waals surface area contributed by atoms with Gasteiger partial charge in [-0.05, 0) is 43.0 Å². The van der Waals surface area contributed by atoms with Crippen LogP contribution in [0.5, 0.6) is 0 Å². The summed E-state index contributed by atoms with van der Waals surface area (Å²) < 4.78 is 0. The van der Waals surface area contributed by atoms with E-state index in [1.807, 2.05) is 85.8 Å². The number of nitrogens with one attached hydrogen (secondary N) is 1. The fourth-order valence-electron chi connectivity index (χ4n) is 4.16. The number of hydrogen-bond donors (Lipinski definition) is 1. The van der Waals surface area contributed by atoms with E-state index in [4.69, 9.17) is 0 Å². The van der Waals surface area contributed by atoms with E-state index < -0.39 is 6.04 Å². The van der Waals surface area contributed by atoms with E-state index >= 15 is 0 Å². The number of carbonyl (C=O) groups excluding carboxylic acids is 2. The highest BCUT2D eigenvalue weighted by Gasteiger charge is 2.35. The quantitative estimate of drug-likeness (QED) is 0.424. The van der Waals surface area contributed by atoms with Crippen LogP contribution in [0.1, 0.15) is 28.8 Å². The van der Waals surface area contributed by atoms with Crippen LogP contribution in [0.3, 0.4) is 0 Å². The number of benzene rings is 3. The van der Waals surface area contributed by atoms with Gasteiger partial charge in [-0.1, -0.05) is 83.6 Å². The van der Waals surface area contributed by atoms with Crippen molar-refractivity contribution in [2.75, 3.05) is 11.9 Å². The minimum Gasteiger partial charge on any atom is -0.327 e. The van der Waals surface area contributed by atoms with Crippen molar-refractivity contribution in [3.8, 4) is 21.7 Å². The number of likely N-dealkylation sites (tertiary alicyclic amines) is 1. The molecule has 2 heterocycles. The average Bonchev–Trinajstić information content (AvgIpc) is 3.55. The molecule has 1 fully saturated rings. The minimum absolute atomic E-state index is 0.130. The van der Waals surface area contributed by atoms with E-state index in [1.54, 1.807) is 4.90 Å². The van der Waals surface area contributed by atoms with Gasteiger partial charge < -0.3 is 4.90 Å². The number of nitrogens with zero attached hydrogens (tertiary/aromatic N) is 3. The van der Waals surface area contributed by atoms with Crippen LogP contribution in [0.2, 0.25) is 0 Å². The van der Waals surface area contributed by atoms with Crippen molar-refractivity contribution >= 4 is 28.3 Å². The Bertz CT molecular complexity index is 1300. The number of carbonyl (C=O) groups is 2. The molecule has 0 radical (unpaired) electrons. The maximum Gasteiger partial charge on any atom is 0.254 e. The van der Waals surface area contributed by atoms with E-state index in [1.165, 1.54) is 16.9 Å².